The summed E-state index contributed by atoms with van der Waals surface area (Å²) in [5.41, 5.74) is -0.280. The van der Waals surface area contributed by atoms with Crippen LogP contribution in [0.1, 0.15) is 44.1 Å². The minimum Gasteiger partial charge on any atom is -0.481 e. The SMILES string of the molecule is O=C(O)C1(Cc2ccc(Br)cc2F)CCCCCC1. The van der Waals surface area contributed by atoms with Gasteiger partial charge in [0.15, 0.2) is 0 Å². The fourth-order valence-corrected chi connectivity index (χ4v) is 3.23. The molecule has 1 aliphatic rings. The molecule has 0 saturated heterocycles. The van der Waals surface area contributed by atoms with Crippen molar-refractivity contribution in [3.8, 4) is 0 Å². The Balaban J connectivity index is 2.27. The molecule has 4 heteroatoms. The fraction of sp³-hybridized carbons (Fsp3) is 0.533. The maximum absolute atomic E-state index is 13.9. The minimum absolute atomic E-state index is 0.293. The number of carbonyl (C=O) groups is 1. The smallest absolute Gasteiger partial charge is 0.309 e. The normalized spacial score (nSPS) is 18.8. The zero-order valence-electron chi connectivity index (χ0n) is 10.8. The number of halogens is 2. The molecule has 0 unspecified atom stereocenters. The van der Waals surface area contributed by atoms with Crippen molar-refractivity contribution in [3.05, 3.63) is 34.1 Å². The molecule has 1 fully saturated rings. The first-order chi connectivity index (χ1) is 9.03. The maximum atomic E-state index is 13.9. The predicted molar refractivity (Wildman–Crippen MR) is 75.6 cm³/mol. The molecule has 19 heavy (non-hydrogen) atoms. The van der Waals surface area contributed by atoms with Crippen LogP contribution in [-0.4, -0.2) is 11.1 Å². The number of carboxylic acid groups (broad SMARTS) is 1. The van der Waals surface area contributed by atoms with Gasteiger partial charge in [-0.2, -0.15) is 0 Å². The maximum Gasteiger partial charge on any atom is 0.309 e. The summed E-state index contributed by atoms with van der Waals surface area (Å²) >= 11 is 3.22. The third-order valence-corrected chi connectivity index (χ3v) is 4.55. The van der Waals surface area contributed by atoms with Gasteiger partial charge in [0.2, 0.25) is 0 Å². The van der Waals surface area contributed by atoms with Gasteiger partial charge in [0, 0.05) is 4.47 Å². The minimum atomic E-state index is -0.787. The summed E-state index contributed by atoms with van der Waals surface area (Å²) in [6, 6.07) is 4.86. The molecule has 0 heterocycles. The van der Waals surface area contributed by atoms with E-state index in [-0.39, 0.29) is 5.82 Å². The van der Waals surface area contributed by atoms with Gasteiger partial charge < -0.3 is 5.11 Å². The summed E-state index contributed by atoms with van der Waals surface area (Å²) in [5.74, 6) is -1.10. The van der Waals surface area contributed by atoms with Gasteiger partial charge in [0.1, 0.15) is 5.82 Å². The quantitative estimate of drug-likeness (QED) is 0.826. The molecule has 1 saturated carbocycles. The number of carboxylic acids is 1. The van der Waals surface area contributed by atoms with Crippen LogP contribution in [0.15, 0.2) is 22.7 Å². The number of rotatable bonds is 3. The van der Waals surface area contributed by atoms with Gasteiger partial charge in [-0.1, -0.05) is 47.7 Å². The molecule has 0 aliphatic heterocycles. The summed E-state index contributed by atoms with van der Waals surface area (Å²) in [6.07, 6.45) is 5.60. The molecule has 0 bridgehead atoms. The van der Waals surface area contributed by atoms with E-state index in [0.717, 1.165) is 25.7 Å². The van der Waals surface area contributed by atoms with Crippen LogP contribution in [0.2, 0.25) is 0 Å². The van der Waals surface area contributed by atoms with Crippen molar-refractivity contribution in [1.82, 2.24) is 0 Å². The van der Waals surface area contributed by atoms with E-state index >= 15 is 0 Å². The Morgan fingerprint density at radius 3 is 2.42 bits per heavy atom. The second-order valence-corrected chi connectivity index (χ2v) is 6.33. The molecule has 0 spiro atoms. The Hall–Kier alpha value is -0.900. The highest BCUT2D eigenvalue weighted by Gasteiger charge is 2.39. The van der Waals surface area contributed by atoms with Crippen LogP contribution < -0.4 is 0 Å². The average Bonchev–Trinajstić information content (AvgIpc) is 2.59. The highest BCUT2D eigenvalue weighted by atomic mass is 79.9. The van der Waals surface area contributed by atoms with Crippen LogP contribution in [0.3, 0.4) is 0 Å². The summed E-state index contributed by atoms with van der Waals surface area (Å²) in [5, 5.41) is 9.59. The van der Waals surface area contributed by atoms with Crippen molar-refractivity contribution in [2.75, 3.05) is 0 Å². The van der Waals surface area contributed by atoms with Gasteiger partial charge in [-0.3, -0.25) is 4.79 Å². The van der Waals surface area contributed by atoms with Crippen molar-refractivity contribution in [1.29, 1.82) is 0 Å². The number of hydrogen-bond donors (Lipinski definition) is 1. The highest BCUT2D eigenvalue weighted by molar-refractivity contribution is 9.10. The number of hydrogen-bond acceptors (Lipinski definition) is 1. The second kappa shape index (κ2) is 6.04. The average molecular weight is 329 g/mol. The molecule has 1 N–H and O–H groups in total. The van der Waals surface area contributed by atoms with Crippen LogP contribution in [0, 0.1) is 11.2 Å². The lowest BCUT2D eigenvalue weighted by Gasteiger charge is -2.28. The lowest BCUT2D eigenvalue weighted by atomic mass is 9.75. The topological polar surface area (TPSA) is 37.3 Å². The first-order valence-corrected chi connectivity index (χ1v) is 7.50. The molecular formula is C15H18BrFO2. The van der Waals surface area contributed by atoms with E-state index in [1.54, 1.807) is 12.1 Å². The highest BCUT2D eigenvalue weighted by Crippen LogP contribution is 2.39. The molecule has 0 atom stereocenters. The van der Waals surface area contributed by atoms with Crippen molar-refractivity contribution in [2.45, 2.75) is 44.9 Å². The van der Waals surface area contributed by atoms with E-state index in [4.69, 9.17) is 0 Å². The Morgan fingerprint density at radius 1 is 1.26 bits per heavy atom. The van der Waals surface area contributed by atoms with E-state index in [1.165, 1.54) is 6.07 Å². The van der Waals surface area contributed by atoms with E-state index in [2.05, 4.69) is 15.9 Å². The molecule has 0 amide bonds. The molecule has 2 rings (SSSR count). The van der Waals surface area contributed by atoms with E-state index in [1.807, 2.05) is 0 Å². The Morgan fingerprint density at radius 2 is 1.89 bits per heavy atom. The van der Waals surface area contributed by atoms with Gasteiger partial charge in [-0.05, 0) is 37.0 Å². The van der Waals surface area contributed by atoms with Gasteiger partial charge in [0.05, 0.1) is 5.41 Å². The first kappa shape index (κ1) is 14.5. The number of benzene rings is 1. The monoisotopic (exact) mass is 328 g/mol. The van der Waals surface area contributed by atoms with Crippen LogP contribution in [0.25, 0.3) is 0 Å². The van der Waals surface area contributed by atoms with Crippen molar-refractivity contribution in [2.24, 2.45) is 5.41 Å². The zero-order valence-corrected chi connectivity index (χ0v) is 12.4. The molecule has 0 aromatic heterocycles. The van der Waals surface area contributed by atoms with E-state index in [0.29, 0.717) is 29.3 Å². The van der Waals surface area contributed by atoms with Gasteiger partial charge >= 0.3 is 5.97 Å². The lowest BCUT2D eigenvalue weighted by Crippen LogP contribution is -2.33. The molecule has 1 aliphatic carbocycles. The molecule has 1 aromatic carbocycles. The third kappa shape index (κ3) is 3.35. The molecular weight excluding hydrogens is 311 g/mol. The van der Waals surface area contributed by atoms with Crippen LogP contribution in [-0.2, 0) is 11.2 Å². The van der Waals surface area contributed by atoms with Crippen molar-refractivity contribution in [3.63, 3.8) is 0 Å². The second-order valence-electron chi connectivity index (χ2n) is 5.41. The lowest BCUT2D eigenvalue weighted by molar-refractivity contribution is -0.149. The Labute approximate surface area is 121 Å². The van der Waals surface area contributed by atoms with E-state index in [9.17, 15) is 14.3 Å². The summed E-state index contributed by atoms with van der Waals surface area (Å²) in [7, 11) is 0. The predicted octanol–water partition coefficient (Wildman–Crippen LogP) is 4.56. The van der Waals surface area contributed by atoms with Crippen molar-refractivity contribution < 1.29 is 14.3 Å². The summed E-state index contributed by atoms with van der Waals surface area (Å²) in [4.78, 5) is 11.7. The Kier molecular flexibility index (Phi) is 4.61. The summed E-state index contributed by atoms with van der Waals surface area (Å²) in [6.45, 7) is 0. The fourth-order valence-electron chi connectivity index (χ4n) is 2.90. The van der Waals surface area contributed by atoms with Crippen molar-refractivity contribution >= 4 is 21.9 Å². The van der Waals surface area contributed by atoms with Gasteiger partial charge in [-0.25, -0.2) is 4.39 Å². The molecule has 2 nitrogen and oxygen atoms in total. The zero-order chi connectivity index (χ0) is 13.9. The Bertz CT molecular complexity index is 465. The molecule has 1 aromatic rings. The standard InChI is InChI=1S/C15H18BrFO2/c16-12-6-5-11(13(17)9-12)10-15(14(18)19)7-3-1-2-4-8-15/h5-6,9H,1-4,7-8,10H2,(H,18,19). The van der Waals surface area contributed by atoms with Crippen LogP contribution in [0.4, 0.5) is 4.39 Å². The third-order valence-electron chi connectivity index (χ3n) is 4.06. The van der Waals surface area contributed by atoms with E-state index < -0.39 is 11.4 Å². The molecule has 0 radical (unpaired) electrons. The van der Waals surface area contributed by atoms with Gasteiger partial charge in [-0.15, -0.1) is 0 Å². The molecule has 104 valence electrons. The van der Waals surface area contributed by atoms with Crippen LogP contribution >= 0.6 is 15.9 Å². The van der Waals surface area contributed by atoms with Crippen LogP contribution in [0.5, 0.6) is 0 Å². The number of aliphatic carboxylic acids is 1. The summed E-state index contributed by atoms with van der Waals surface area (Å²) < 4.78 is 14.6. The largest absolute Gasteiger partial charge is 0.481 e. The van der Waals surface area contributed by atoms with Gasteiger partial charge in [0.25, 0.3) is 0 Å². The first-order valence-electron chi connectivity index (χ1n) is 6.71.